The van der Waals surface area contributed by atoms with Crippen LogP contribution in [0.2, 0.25) is 0 Å². The summed E-state index contributed by atoms with van der Waals surface area (Å²) in [6.45, 7) is 18.7. The Morgan fingerprint density at radius 2 is 1.68 bits per heavy atom. The largest absolute Gasteiger partial charge is 0.491 e. The van der Waals surface area contributed by atoms with Crippen molar-refractivity contribution in [2.24, 2.45) is 11.3 Å². The van der Waals surface area contributed by atoms with E-state index < -0.39 is 58.9 Å². The molecule has 2 aromatic carbocycles. The fourth-order valence-electron chi connectivity index (χ4n) is 12.0. The Hall–Kier alpha value is -6.24. The molecular formula is C58H77N9O9. The highest BCUT2D eigenvalue weighted by molar-refractivity contribution is 5.96. The number of nitrogens with one attached hydrogen (secondary N) is 2. The van der Waals surface area contributed by atoms with Gasteiger partial charge < -0.3 is 43.5 Å². The van der Waals surface area contributed by atoms with Gasteiger partial charge in [-0.05, 0) is 126 Å². The van der Waals surface area contributed by atoms with E-state index in [1.165, 1.54) is 22.8 Å². The third kappa shape index (κ3) is 11.1. The Morgan fingerprint density at radius 3 is 2.41 bits per heavy atom. The fraction of sp³-hybridized carbons (Fsp3) is 0.586. The van der Waals surface area contributed by atoms with Crippen molar-refractivity contribution in [2.45, 2.75) is 136 Å². The summed E-state index contributed by atoms with van der Waals surface area (Å²) < 4.78 is 27.2. The Labute approximate surface area is 446 Å². The van der Waals surface area contributed by atoms with Crippen molar-refractivity contribution in [2.75, 3.05) is 78.1 Å². The number of anilines is 1. The van der Waals surface area contributed by atoms with E-state index in [2.05, 4.69) is 70.1 Å². The van der Waals surface area contributed by atoms with E-state index in [9.17, 15) is 24.0 Å². The van der Waals surface area contributed by atoms with Crippen molar-refractivity contribution < 1.29 is 42.9 Å². The van der Waals surface area contributed by atoms with Crippen molar-refractivity contribution in [3.8, 4) is 28.1 Å². The molecule has 0 unspecified atom stereocenters. The Bertz CT molecular complexity index is 2880. The summed E-state index contributed by atoms with van der Waals surface area (Å²) in [6.07, 6.45) is 5.64. The summed E-state index contributed by atoms with van der Waals surface area (Å²) in [4.78, 5) is 84.2. The zero-order chi connectivity index (χ0) is 53.8. The van der Waals surface area contributed by atoms with Crippen molar-refractivity contribution in [1.82, 2.24) is 40.0 Å². The quantitative estimate of drug-likeness (QED) is 0.200. The Morgan fingerprint density at radius 1 is 0.908 bits per heavy atom. The molecule has 4 fully saturated rings. The molecule has 5 atom stereocenters. The number of amides is 4. The number of carbonyl (C=O) groups excluding carboxylic acids is 5. The van der Waals surface area contributed by atoms with Crippen LogP contribution in [0.25, 0.3) is 33.3 Å². The van der Waals surface area contributed by atoms with Crippen LogP contribution in [0.1, 0.15) is 103 Å². The molecule has 1 aliphatic carbocycles. The number of benzene rings is 2. The molecule has 18 nitrogen and oxygen atoms in total. The molecule has 1 saturated carbocycles. The highest BCUT2D eigenvalue weighted by Gasteiger charge is 2.45. The van der Waals surface area contributed by atoms with Gasteiger partial charge in [0.25, 0.3) is 5.91 Å². The lowest BCUT2D eigenvalue weighted by molar-refractivity contribution is -0.155. The molecule has 4 amide bonds. The molecule has 5 aliphatic heterocycles. The predicted molar refractivity (Wildman–Crippen MR) is 288 cm³/mol. The van der Waals surface area contributed by atoms with Crippen molar-refractivity contribution in [1.29, 1.82) is 0 Å². The number of rotatable bonds is 6. The third-order valence-electron chi connectivity index (χ3n) is 16.2. The van der Waals surface area contributed by atoms with Crippen LogP contribution in [-0.4, -0.2) is 162 Å². The summed E-state index contributed by atoms with van der Waals surface area (Å²) in [7, 11) is 3.27. The number of ether oxygens (including phenoxy) is 4. The van der Waals surface area contributed by atoms with Crippen molar-refractivity contribution in [3.05, 3.63) is 65.5 Å². The van der Waals surface area contributed by atoms with E-state index in [1.807, 2.05) is 31.3 Å². The molecule has 6 aliphatic rings. The maximum absolute atomic E-state index is 14.8. The zero-order valence-corrected chi connectivity index (χ0v) is 45.9. The number of hydrazine groups is 1. The number of nitrogens with zero attached hydrogens (tertiary/aromatic N) is 7. The maximum Gasteiger partial charge on any atom is 0.410 e. The van der Waals surface area contributed by atoms with Crippen LogP contribution in [-0.2, 0) is 52.8 Å². The maximum atomic E-state index is 14.8. The minimum Gasteiger partial charge on any atom is -0.491 e. The van der Waals surface area contributed by atoms with Crippen LogP contribution in [0.15, 0.2) is 48.7 Å². The number of methoxy groups -OCH3 is 1. The lowest BCUT2D eigenvalue weighted by Crippen LogP contribution is -2.61. The summed E-state index contributed by atoms with van der Waals surface area (Å²) in [6, 6.07) is 12.8. The van der Waals surface area contributed by atoms with Crippen LogP contribution in [0.5, 0.6) is 5.75 Å². The number of piperazine rings is 1. The zero-order valence-electron chi connectivity index (χ0n) is 45.9. The minimum atomic E-state index is -1.09. The van der Waals surface area contributed by atoms with E-state index in [-0.39, 0.29) is 44.7 Å². The van der Waals surface area contributed by atoms with Gasteiger partial charge in [-0.2, -0.15) is 0 Å². The SMILES string of the molecule is CCn1c(-c2cc(N3CCN(C4CC4)CC3)cnc2[C@H](C)OC)c2c3cc(ccc31)-c1cc3cc(c1)OC[C@@H]1[C@H](CCN1C(=O)OC(C)(C)C)C(=O)N(C)CC(=O)N[C@@H](C3)C(=O)N1CCC[C@H](N1)C(=O)OCC(C)(C)C2. The molecule has 10 rings (SSSR count). The first kappa shape index (κ1) is 53.2. The average Bonchev–Trinajstić information content (AvgIpc) is 4.13. The third-order valence-corrected chi connectivity index (χ3v) is 16.2. The summed E-state index contributed by atoms with van der Waals surface area (Å²) in [5.41, 5.74) is 10.3. The number of likely N-dealkylation sites (N-methyl/N-ethyl adjacent to an activating group) is 1. The summed E-state index contributed by atoms with van der Waals surface area (Å²) in [5.74, 6) is -1.95. The number of esters is 1. The standard InChI is InChI=1S/C58H77N9O9/c1-10-65-48-16-13-37-28-43(48)45(52(65)44-29-40(31-59-51(44)35(2)73-9)64-22-20-63(21-23-64)39-14-15-39)30-58(6,7)34-75-55(71)46-12-11-18-67(61-46)54(70)47-26-36-24-38(37)27-41(25-36)74-33-49-42(53(69)62(8)32-50(68)60-47)17-19-66(49)56(72)76-57(3,4)5/h13,16,24-25,27-29,31,35,39,42,46-47,49,61H,10-12,14-15,17-23,26,30,32-34H2,1-9H3,(H,60,68)/t35-,42-,46-,47-,49+/m0/s1. The number of likely N-dealkylation sites (tertiary alicyclic amines) is 1. The molecule has 3 saturated heterocycles. The second kappa shape index (κ2) is 21.3. The second-order valence-corrected chi connectivity index (χ2v) is 23.7. The van der Waals surface area contributed by atoms with Crippen molar-refractivity contribution >= 4 is 46.4 Å². The topological polar surface area (TPSA) is 180 Å². The number of fused-ring (bicyclic) bond motifs is 8. The Balaban J connectivity index is 1.13. The molecule has 8 bridgehead atoms. The first-order valence-corrected chi connectivity index (χ1v) is 27.5. The number of aryl methyl sites for hydroxylation is 1. The van der Waals surface area contributed by atoms with E-state index in [4.69, 9.17) is 23.9 Å². The number of aromatic nitrogens is 2. The van der Waals surface area contributed by atoms with Crippen LogP contribution in [0.4, 0.5) is 10.5 Å². The smallest absolute Gasteiger partial charge is 0.410 e. The van der Waals surface area contributed by atoms with Gasteiger partial charge in [0.05, 0.1) is 54.5 Å². The second-order valence-electron chi connectivity index (χ2n) is 23.7. The molecule has 4 aromatic rings. The average molecular weight is 1040 g/mol. The number of cyclic esters (lactones) is 1. The van der Waals surface area contributed by atoms with Gasteiger partial charge in [0.15, 0.2) is 0 Å². The molecule has 408 valence electrons. The highest BCUT2D eigenvalue weighted by Crippen LogP contribution is 2.44. The Kier molecular flexibility index (Phi) is 14.9. The number of hydrogen-bond acceptors (Lipinski definition) is 13. The van der Waals surface area contributed by atoms with Gasteiger partial charge in [0.1, 0.15) is 30.0 Å². The van der Waals surface area contributed by atoms with Gasteiger partial charge in [0, 0.05) is 94.3 Å². The van der Waals surface area contributed by atoms with Crippen LogP contribution in [0.3, 0.4) is 0 Å². The monoisotopic (exact) mass is 1040 g/mol. The van der Waals surface area contributed by atoms with Crippen LogP contribution >= 0.6 is 0 Å². The number of hydrogen-bond donors (Lipinski definition) is 2. The molecule has 0 spiro atoms. The first-order valence-electron chi connectivity index (χ1n) is 27.5. The summed E-state index contributed by atoms with van der Waals surface area (Å²) in [5, 5.41) is 5.43. The van der Waals surface area contributed by atoms with E-state index in [1.54, 1.807) is 39.8 Å². The van der Waals surface area contributed by atoms with Crippen LogP contribution < -0.4 is 20.4 Å². The first-order chi connectivity index (χ1) is 36.3. The van der Waals surface area contributed by atoms with E-state index in [0.29, 0.717) is 56.1 Å². The fourth-order valence-corrected chi connectivity index (χ4v) is 12.0. The number of carbonyl (C=O) groups is 5. The van der Waals surface area contributed by atoms with E-state index in [0.717, 1.165) is 76.4 Å². The lowest BCUT2D eigenvalue weighted by Gasteiger charge is -2.36. The molecule has 2 aromatic heterocycles. The van der Waals surface area contributed by atoms with Gasteiger partial charge in [-0.1, -0.05) is 26.0 Å². The molecule has 2 N–H and O–H groups in total. The normalized spacial score (nSPS) is 24.4. The molecule has 0 radical (unpaired) electrons. The lowest BCUT2D eigenvalue weighted by atomic mass is 9.84. The molecule has 18 heteroatoms. The predicted octanol–water partition coefficient (Wildman–Crippen LogP) is 6.51. The molecular weight excluding hydrogens is 967 g/mol. The van der Waals surface area contributed by atoms with E-state index >= 15 is 0 Å². The minimum absolute atomic E-state index is 0.0252. The molecule has 76 heavy (non-hydrogen) atoms. The van der Waals surface area contributed by atoms with Gasteiger partial charge >= 0.3 is 12.1 Å². The van der Waals surface area contributed by atoms with Gasteiger partial charge in [0.2, 0.25) is 11.8 Å². The number of pyridine rings is 1. The van der Waals surface area contributed by atoms with Gasteiger partial charge in [-0.15, -0.1) is 0 Å². The summed E-state index contributed by atoms with van der Waals surface area (Å²) >= 11 is 0. The van der Waals surface area contributed by atoms with Gasteiger partial charge in [-0.3, -0.25) is 34.1 Å². The highest BCUT2D eigenvalue weighted by atomic mass is 16.6. The van der Waals surface area contributed by atoms with Crippen LogP contribution in [0, 0.1) is 11.3 Å². The van der Waals surface area contributed by atoms with Crippen molar-refractivity contribution in [3.63, 3.8) is 0 Å². The van der Waals surface area contributed by atoms with Gasteiger partial charge in [-0.25, -0.2) is 10.2 Å². The molecule has 7 heterocycles.